The average molecular weight is 332 g/mol. The lowest BCUT2D eigenvalue weighted by Gasteiger charge is -2.07. The van der Waals surface area contributed by atoms with E-state index in [2.05, 4.69) is 34.9 Å². The molecule has 0 atom stereocenters. The molecule has 126 valence electrons. The van der Waals surface area contributed by atoms with Gasteiger partial charge >= 0.3 is 0 Å². The van der Waals surface area contributed by atoms with E-state index in [0.29, 0.717) is 0 Å². The third kappa shape index (κ3) is 2.98. The maximum atomic E-state index is 5.93. The van der Waals surface area contributed by atoms with E-state index < -0.39 is 0 Å². The Morgan fingerprint density at radius 3 is 2.12 bits per heavy atom. The number of methoxy groups -OCH3 is 1. The summed E-state index contributed by atoms with van der Waals surface area (Å²) < 4.78 is 11.1. The fourth-order valence-corrected chi connectivity index (χ4v) is 2.99. The minimum absolute atomic E-state index is 0.757. The van der Waals surface area contributed by atoms with Gasteiger partial charge in [-0.3, -0.25) is 0 Å². The fourth-order valence-electron chi connectivity index (χ4n) is 2.99. The normalized spacial score (nSPS) is 11.0. The molecule has 0 unspecified atom stereocenters. The van der Waals surface area contributed by atoms with Crippen molar-refractivity contribution >= 4 is 33.3 Å². The number of anilines is 2. The first-order valence-electron chi connectivity index (χ1n) is 8.28. The molecule has 0 aliphatic carbocycles. The first-order chi connectivity index (χ1) is 12.3. The van der Waals surface area contributed by atoms with Crippen LogP contribution in [0, 0.1) is 0 Å². The van der Waals surface area contributed by atoms with Crippen LogP contribution in [0.5, 0.6) is 5.75 Å². The molecular formula is C21H20N2O2. The molecule has 0 aliphatic heterocycles. The number of hydrogen-bond donors (Lipinski definition) is 2. The van der Waals surface area contributed by atoms with Gasteiger partial charge in [-0.2, -0.15) is 0 Å². The molecule has 25 heavy (non-hydrogen) atoms. The summed E-state index contributed by atoms with van der Waals surface area (Å²) in [5, 5.41) is 8.89. The maximum absolute atomic E-state index is 5.93. The van der Waals surface area contributed by atoms with Gasteiger partial charge in [0.05, 0.1) is 7.11 Å². The molecule has 3 aromatic carbocycles. The molecule has 0 fully saturated rings. The van der Waals surface area contributed by atoms with Crippen LogP contribution in [0.2, 0.25) is 0 Å². The largest absolute Gasteiger partial charge is 0.497 e. The van der Waals surface area contributed by atoms with Crippen molar-refractivity contribution in [2.75, 3.05) is 24.8 Å². The molecule has 1 heterocycles. The summed E-state index contributed by atoms with van der Waals surface area (Å²) in [5.41, 5.74) is 5.16. The number of ether oxygens (including phenoxy) is 1. The van der Waals surface area contributed by atoms with E-state index in [9.17, 15) is 0 Å². The summed E-state index contributed by atoms with van der Waals surface area (Å²) >= 11 is 0. The lowest BCUT2D eigenvalue weighted by Crippen LogP contribution is -1.99. The number of benzene rings is 3. The molecule has 0 aliphatic rings. The Balaban J connectivity index is 1.62. The van der Waals surface area contributed by atoms with Gasteiger partial charge in [0.1, 0.15) is 16.9 Å². The third-order valence-corrected chi connectivity index (χ3v) is 4.41. The topological polar surface area (TPSA) is 46.4 Å². The molecule has 4 rings (SSSR count). The number of hydrogen-bond acceptors (Lipinski definition) is 4. The van der Waals surface area contributed by atoms with Crippen molar-refractivity contribution in [3.8, 4) is 5.75 Å². The molecule has 0 saturated carbocycles. The maximum Gasteiger partial charge on any atom is 0.135 e. The number of nitrogens with one attached hydrogen (secondary N) is 2. The van der Waals surface area contributed by atoms with Crippen molar-refractivity contribution in [3.05, 3.63) is 66.2 Å². The molecule has 2 N–H and O–H groups in total. The number of rotatable bonds is 5. The molecule has 4 aromatic rings. The van der Waals surface area contributed by atoms with Gasteiger partial charge < -0.3 is 19.8 Å². The van der Waals surface area contributed by atoms with Crippen LogP contribution in [0.4, 0.5) is 11.4 Å². The highest BCUT2D eigenvalue weighted by Gasteiger charge is 2.08. The fraction of sp³-hybridized carbons (Fsp3) is 0.143. The molecule has 4 heteroatoms. The summed E-state index contributed by atoms with van der Waals surface area (Å²) in [6.07, 6.45) is 0. The average Bonchev–Trinajstić information content (AvgIpc) is 3.03. The highest BCUT2D eigenvalue weighted by molar-refractivity contribution is 6.07. The van der Waals surface area contributed by atoms with Gasteiger partial charge in [-0.25, -0.2) is 0 Å². The number of furan rings is 1. The van der Waals surface area contributed by atoms with E-state index in [1.54, 1.807) is 7.11 Å². The minimum Gasteiger partial charge on any atom is -0.497 e. The second kappa shape index (κ2) is 6.40. The van der Waals surface area contributed by atoms with Crippen molar-refractivity contribution in [3.63, 3.8) is 0 Å². The van der Waals surface area contributed by atoms with Crippen molar-refractivity contribution in [1.82, 2.24) is 0 Å². The summed E-state index contributed by atoms with van der Waals surface area (Å²) in [6, 6.07) is 20.4. The van der Waals surface area contributed by atoms with Crippen LogP contribution in [0.3, 0.4) is 0 Å². The molecule has 0 radical (unpaired) electrons. The molecule has 4 nitrogen and oxygen atoms in total. The Bertz CT molecular complexity index is 1020. The zero-order valence-electron chi connectivity index (χ0n) is 14.3. The Labute approximate surface area is 146 Å². The minimum atomic E-state index is 0.757. The van der Waals surface area contributed by atoms with E-state index in [1.165, 1.54) is 5.56 Å². The van der Waals surface area contributed by atoms with Crippen LogP contribution in [-0.4, -0.2) is 14.2 Å². The first-order valence-corrected chi connectivity index (χ1v) is 8.28. The Kier molecular flexibility index (Phi) is 3.94. The van der Waals surface area contributed by atoms with Crippen LogP contribution >= 0.6 is 0 Å². The summed E-state index contributed by atoms with van der Waals surface area (Å²) in [5.74, 6) is 0.871. The standard InChI is InChI=1S/C21H20N2O2/c1-22-15-5-9-20-18(11-15)19-12-16(6-10-21(19)25-20)23-13-14-3-7-17(24-2)8-4-14/h3-12,22-23H,13H2,1-2H3. The van der Waals surface area contributed by atoms with Gasteiger partial charge in [0.2, 0.25) is 0 Å². The quantitative estimate of drug-likeness (QED) is 0.524. The van der Waals surface area contributed by atoms with Gasteiger partial charge in [-0.15, -0.1) is 0 Å². The second-order valence-corrected chi connectivity index (χ2v) is 5.98. The molecule has 0 saturated heterocycles. The lowest BCUT2D eigenvalue weighted by atomic mass is 10.1. The van der Waals surface area contributed by atoms with Crippen molar-refractivity contribution in [1.29, 1.82) is 0 Å². The zero-order valence-corrected chi connectivity index (χ0v) is 14.3. The molecule has 0 amide bonds. The second-order valence-electron chi connectivity index (χ2n) is 5.98. The van der Waals surface area contributed by atoms with Gasteiger partial charge in [-0.05, 0) is 54.1 Å². The molecule has 0 bridgehead atoms. The highest BCUT2D eigenvalue weighted by atomic mass is 16.5. The van der Waals surface area contributed by atoms with Crippen molar-refractivity contribution in [2.24, 2.45) is 0 Å². The van der Waals surface area contributed by atoms with E-state index >= 15 is 0 Å². The third-order valence-electron chi connectivity index (χ3n) is 4.41. The summed E-state index contributed by atoms with van der Waals surface area (Å²) in [7, 11) is 3.60. The van der Waals surface area contributed by atoms with E-state index in [1.807, 2.05) is 43.4 Å². The van der Waals surface area contributed by atoms with Crippen LogP contribution in [0.25, 0.3) is 21.9 Å². The van der Waals surface area contributed by atoms with Gasteiger partial charge in [0, 0.05) is 35.7 Å². The monoisotopic (exact) mass is 332 g/mol. The van der Waals surface area contributed by atoms with Gasteiger partial charge in [-0.1, -0.05) is 12.1 Å². The smallest absolute Gasteiger partial charge is 0.135 e. The lowest BCUT2D eigenvalue weighted by molar-refractivity contribution is 0.414. The van der Waals surface area contributed by atoms with Crippen LogP contribution in [0.15, 0.2) is 65.1 Å². The van der Waals surface area contributed by atoms with Crippen molar-refractivity contribution in [2.45, 2.75) is 6.54 Å². The predicted octanol–water partition coefficient (Wildman–Crippen LogP) is 5.25. The van der Waals surface area contributed by atoms with Gasteiger partial charge in [0.15, 0.2) is 0 Å². The van der Waals surface area contributed by atoms with Crippen LogP contribution < -0.4 is 15.4 Å². The summed E-state index contributed by atoms with van der Waals surface area (Å²) in [6.45, 7) is 0.757. The van der Waals surface area contributed by atoms with Crippen molar-refractivity contribution < 1.29 is 9.15 Å². The first kappa shape index (κ1) is 15.4. The Hall–Kier alpha value is -3.14. The van der Waals surface area contributed by atoms with E-state index in [-0.39, 0.29) is 0 Å². The van der Waals surface area contributed by atoms with Crippen LogP contribution in [0.1, 0.15) is 5.56 Å². The molecule has 1 aromatic heterocycles. The van der Waals surface area contributed by atoms with Gasteiger partial charge in [0.25, 0.3) is 0 Å². The molecular weight excluding hydrogens is 312 g/mol. The predicted molar refractivity (Wildman–Crippen MR) is 104 cm³/mol. The number of fused-ring (bicyclic) bond motifs is 3. The van der Waals surface area contributed by atoms with E-state index in [4.69, 9.17) is 9.15 Å². The Morgan fingerprint density at radius 2 is 1.48 bits per heavy atom. The zero-order chi connectivity index (χ0) is 17.2. The summed E-state index contributed by atoms with van der Waals surface area (Å²) in [4.78, 5) is 0. The van der Waals surface area contributed by atoms with Crippen LogP contribution in [-0.2, 0) is 6.54 Å². The highest BCUT2D eigenvalue weighted by Crippen LogP contribution is 2.32. The van der Waals surface area contributed by atoms with E-state index in [0.717, 1.165) is 45.6 Å². The molecule has 0 spiro atoms. The Morgan fingerprint density at radius 1 is 0.840 bits per heavy atom. The SMILES string of the molecule is CNc1ccc2oc3ccc(NCc4ccc(OC)cc4)cc3c2c1.